The number of carbonyl (C=O) groups excluding carboxylic acids is 2. The highest BCUT2D eigenvalue weighted by atomic mass is 31.2. The zero-order chi connectivity index (χ0) is 40.3. The fraction of sp³-hybridized carbons (Fsp3) is 0.644. The van der Waals surface area contributed by atoms with Gasteiger partial charge in [-0.25, -0.2) is 4.57 Å². The van der Waals surface area contributed by atoms with Crippen LogP contribution in [-0.4, -0.2) is 49.3 Å². The van der Waals surface area contributed by atoms with Gasteiger partial charge in [0.15, 0.2) is 6.10 Å². The van der Waals surface area contributed by atoms with Crippen molar-refractivity contribution >= 4 is 19.8 Å². The van der Waals surface area contributed by atoms with Gasteiger partial charge in [0.2, 0.25) is 0 Å². The summed E-state index contributed by atoms with van der Waals surface area (Å²) in [7, 11) is -4.41. The van der Waals surface area contributed by atoms with Crippen LogP contribution in [0.25, 0.3) is 0 Å². The van der Waals surface area contributed by atoms with Gasteiger partial charge in [0.05, 0.1) is 13.2 Å². The van der Waals surface area contributed by atoms with Gasteiger partial charge in [-0.15, -0.1) is 0 Å². The van der Waals surface area contributed by atoms with Crippen molar-refractivity contribution in [2.45, 2.75) is 161 Å². The first-order valence-electron chi connectivity index (χ1n) is 21.1. The summed E-state index contributed by atoms with van der Waals surface area (Å²) in [6, 6.07) is 0. The Morgan fingerprint density at radius 2 is 0.945 bits per heavy atom. The Bertz CT molecular complexity index is 1170. The van der Waals surface area contributed by atoms with Gasteiger partial charge in [0, 0.05) is 19.4 Å². The van der Waals surface area contributed by atoms with Crippen molar-refractivity contribution in [3.8, 4) is 0 Å². The average Bonchev–Trinajstić information content (AvgIpc) is 3.17. The molecule has 0 aliphatic rings. The van der Waals surface area contributed by atoms with E-state index >= 15 is 0 Å². The summed E-state index contributed by atoms with van der Waals surface area (Å²) in [4.78, 5) is 34.8. The molecule has 0 aromatic carbocycles. The summed E-state index contributed by atoms with van der Waals surface area (Å²) >= 11 is 0. The third-order valence-electron chi connectivity index (χ3n) is 8.25. The number of rotatable bonds is 38. The van der Waals surface area contributed by atoms with Crippen LogP contribution in [0.1, 0.15) is 155 Å². The second-order valence-electron chi connectivity index (χ2n) is 13.5. The first-order valence-corrected chi connectivity index (χ1v) is 22.6. The van der Waals surface area contributed by atoms with Crippen molar-refractivity contribution in [1.29, 1.82) is 0 Å². The molecule has 1 unspecified atom stereocenters. The number of carbonyl (C=O) groups is 2. The second kappa shape index (κ2) is 40.8. The fourth-order valence-electron chi connectivity index (χ4n) is 5.11. The number of nitrogens with two attached hydrogens (primary N) is 1. The average molecular weight is 790 g/mol. The van der Waals surface area contributed by atoms with Crippen LogP contribution in [-0.2, 0) is 32.7 Å². The summed E-state index contributed by atoms with van der Waals surface area (Å²) in [5, 5.41) is 0. The molecular weight excluding hydrogens is 713 g/mol. The Balaban J connectivity index is 4.38. The molecule has 0 saturated carbocycles. The molecule has 0 fully saturated rings. The van der Waals surface area contributed by atoms with E-state index in [-0.39, 0.29) is 32.6 Å². The monoisotopic (exact) mass is 790 g/mol. The molecule has 10 heteroatoms. The second-order valence-corrected chi connectivity index (χ2v) is 14.9. The minimum Gasteiger partial charge on any atom is -0.462 e. The van der Waals surface area contributed by atoms with Gasteiger partial charge in [-0.2, -0.15) is 0 Å². The van der Waals surface area contributed by atoms with Crippen molar-refractivity contribution in [3.05, 3.63) is 85.1 Å². The summed E-state index contributed by atoms with van der Waals surface area (Å²) in [5.41, 5.74) is 5.33. The number of phosphoric acid groups is 1. The number of phosphoric ester groups is 1. The molecule has 2 atom stereocenters. The van der Waals surface area contributed by atoms with Crippen LogP contribution in [0.3, 0.4) is 0 Å². The molecule has 0 spiro atoms. The van der Waals surface area contributed by atoms with Gasteiger partial charge >= 0.3 is 19.8 Å². The lowest BCUT2D eigenvalue weighted by Gasteiger charge is -2.19. The van der Waals surface area contributed by atoms with Gasteiger partial charge in [-0.05, 0) is 83.5 Å². The molecule has 0 bridgehead atoms. The lowest BCUT2D eigenvalue weighted by Crippen LogP contribution is -2.29. The molecule has 0 rings (SSSR count). The van der Waals surface area contributed by atoms with Gasteiger partial charge in [-0.1, -0.05) is 144 Å². The van der Waals surface area contributed by atoms with Gasteiger partial charge in [0.25, 0.3) is 0 Å². The maximum absolute atomic E-state index is 12.5. The Kier molecular flexibility index (Phi) is 38.8. The zero-order valence-electron chi connectivity index (χ0n) is 34.4. The third kappa shape index (κ3) is 40.7. The van der Waals surface area contributed by atoms with Gasteiger partial charge in [-0.3, -0.25) is 18.6 Å². The van der Waals surface area contributed by atoms with E-state index in [1.807, 2.05) is 12.2 Å². The predicted octanol–water partition coefficient (Wildman–Crippen LogP) is 12.0. The van der Waals surface area contributed by atoms with E-state index in [0.29, 0.717) is 19.3 Å². The van der Waals surface area contributed by atoms with Gasteiger partial charge < -0.3 is 20.1 Å². The highest BCUT2D eigenvalue weighted by molar-refractivity contribution is 7.47. The first-order chi connectivity index (χ1) is 26.8. The maximum Gasteiger partial charge on any atom is 0.472 e. The van der Waals surface area contributed by atoms with Crippen molar-refractivity contribution in [1.82, 2.24) is 0 Å². The molecule has 0 radical (unpaired) electrons. The molecule has 9 nitrogen and oxygen atoms in total. The topological polar surface area (TPSA) is 134 Å². The molecule has 0 aromatic rings. The Morgan fingerprint density at radius 1 is 0.545 bits per heavy atom. The molecule has 0 heterocycles. The summed E-state index contributed by atoms with van der Waals surface area (Å²) in [6.07, 6.45) is 50.6. The van der Waals surface area contributed by atoms with Crippen molar-refractivity contribution in [2.75, 3.05) is 26.4 Å². The van der Waals surface area contributed by atoms with Crippen molar-refractivity contribution < 1.29 is 37.6 Å². The fourth-order valence-corrected chi connectivity index (χ4v) is 5.88. The van der Waals surface area contributed by atoms with Gasteiger partial charge in [0.1, 0.15) is 6.61 Å². The van der Waals surface area contributed by atoms with E-state index in [2.05, 4.69) is 86.8 Å². The minimum atomic E-state index is -4.41. The third-order valence-corrected chi connectivity index (χ3v) is 9.24. The first kappa shape index (κ1) is 52.2. The summed E-state index contributed by atoms with van der Waals surface area (Å²) < 4.78 is 32.6. The number of hydrogen-bond acceptors (Lipinski definition) is 8. The summed E-state index contributed by atoms with van der Waals surface area (Å²) in [6.45, 7) is 3.55. The van der Waals surface area contributed by atoms with Crippen LogP contribution >= 0.6 is 7.82 Å². The highest BCUT2D eigenvalue weighted by Crippen LogP contribution is 2.43. The van der Waals surface area contributed by atoms with E-state index in [4.69, 9.17) is 24.3 Å². The number of unbranched alkanes of at least 4 members (excludes halogenated alkanes) is 11. The van der Waals surface area contributed by atoms with Crippen LogP contribution in [0, 0.1) is 0 Å². The van der Waals surface area contributed by atoms with Crippen LogP contribution in [0.5, 0.6) is 0 Å². The Labute approximate surface area is 334 Å². The lowest BCUT2D eigenvalue weighted by atomic mass is 10.1. The SMILES string of the molecule is CCCCCC=CCC=CCC=CCC=CCCCC(=O)OC[C@H](COP(=O)(O)OCCN)OC(=O)CCCC=CCC=CCC=CCCCCCCCC. The molecule has 0 aliphatic heterocycles. The highest BCUT2D eigenvalue weighted by Gasteiger charge is 2.25. The number of hydrogen-bond donors (Lipinski definition) is 2. The van der Waals surface area contributed by atoms with Crippen LogP contribution in [0.2, 0.25) is 0 Å². The molecule has 0 amide bonds. The predicted molar refractivity (Wildman–Crippen MR) is 229 cm³/mol. The largest absolute Gasteiger partial charge is 0.472 e. The van der Waals surface area contributed by atoms with E-state index in [0.717, 1.165) is 44.9 Å². The maximum atomic E-state index is 12.5. The lowest BCUT2D eigenvalue weighted by molar-refractivity contribution is -0.161. The summed E-state index contributed by atoms with van der Waals surface area (Å²) in [5.74, 6) is -0.964. The standard InChI is InChI=1S/C45H76NO8P/c1-3-5-7-9-11-13-15-17-19-21-23-25-27-29-31-33-35-37-44(47)51-41-43(42-53-55(49,50)52-40-39-46)54-45(48)38-36-34-32-30-28-26-24-22-20-18-16-14-12-10-8-6-4-2/h11,13,17-20,23-26,29-32,43H,3-10,12,14-16,21-22,27-28,33-42,46H2,1-2H3,(H,49,50)/t43-/m1/s1. The molecular formula is C45H76NO8P. The zero-order valence-corrected chi connectivity index (χ0v) is 35.3. The molecule has 314 valence electrons. The normalized spacial score (nSPS) is 14.2. The Hall–Kier alpha value is -2.81. The van der Waals surface area contributed by atoms with E-state index in [1.165, 1.54) is 64.2 Å². The van der Waals surface area contributed by atoms with Crippen LogP contribution in [0.4, 0.5) is 0 Å². The van der Waals surface area contributed by atoms with E-state index in [9.17, 15) is 19.0 Å². The van der Waals surface area contributed by atoms with Crippen molar-refractivity contribution in [3.63, 3.8) is 0 Å². The number of esters is 2. The van der Waals surface area contributed by atoms with E-state index < -0.39 is 32.5 Å². The number of ether oxygens (including phenoxy) is 2. The quantitative estimate of drug-likeness (QED) is 0.0271. The van der Waals surface area contributed by atoms with Crippen molar-refractivity contribution in [2.24, 2.45) is 5.73 Å². The van der Waals surface area contributed by atoms with E-state index in [1.54, 1.807) is 0 Å². The molecule has 3 N–H and O–H groups in total. The molecule has 0 saturated heterocycles. The molecule has 0 aromatic heterocycles. The molecule has 55 heavy (non-hydrogen) atoms. The minimum absolute atomic E-state index is 0.0342. The smallest absolute Gasteiger partial charge is 0.462 e. The van der Waals surface area contributed by atoms with Crippen LogP contribution in [0.15, 0.2) is 85.1 Å². The molecule has 0 aliphatic carbocycles. The Morgan fingerprint density at radius 3 is 1.44 bits per heavy atom. The van der Waals surface area contributed by atoms with Crippen LogP contribution < -0.4 is 5.73 Å². The number of allylic oxidation sites excluding steroid dienone is 14.